The number of hydrogen-bond acceptors (Lipinski definition) is 3. The molecule has 1 rings (SSSR count). The molecule has 1 aromatic rings. The SMILES string of the molecule is CC(NCCC#N)c1ccncc1. The first-order chi connectivity index (χ1) is 6.34. The van der Waals surface area contributed by atoms with Crippen molar-refractivity contribution in [2.75, 3.05) is 6.54 Å². The minimum atomic E-state index is 0.288. The van der Waals surface area contributed by atoms with Gasteiger partial charge in [0.05, 0.1) is 6.07 Å². The molecular weight excluding hydrogens is 162 g/mol. The molecule has 1 unspecified atom stereocenters. The lowest BCUT2D eigenvalue weighted by molar-refractivity contribution is 0.582. The van der Waals surface area contributed by atoms with Crippen LogP contribution in [0, 0.1) is 11.3 Å². The highest BCUT2D eigenvalue weighted by atomic mass is 14.9. The van der Waals surface area contributed by atoms with Gasteiger partial charge < -0.3 is 5.32 Å². The van der Waals surface area contributed by atoms with Crippen LogP contribution in [0.25, 0.3) is 0 Å². The maximum absolute atomic E-state index is 8.35. The van der Waals surface area contributed by atoms with Gasteiger partial charge in [0.15, 0.2) is 0 Å². The molecular formula is C10H13N3. The highest BCUT2D eigenvalue weighted by Crippen LogP contribution is 2.09. The van der Waals surface area contributed by atoms with Crippen LogP contribution < -0.4 is 5.32 Å². The van der Waals surface area contributed by atoms with Crippen LogP contribution in [0.5, 0.6) is 0 Å². The molecule has 0 spiro atoms. The molecule has 0 aliphatic heterocycles. The van der Waals surface area contributed by atoms with E-state index in [0.29, 0.717) is 6.42 Å². The van der Waals surface area contributed by atoms with Crippen molar-refractivity contribution in [2.24, 2.45) is 0 Å². The second-order valence-corrected chi connectivity index (χ2v) is 2.86. The normalized spacial score (nSPS) is 12.0. The number of nitriles is 1. The van der Waals surface area contributed by atoms with Gasteiger partial charge in [-0.05, 0) is 24.6 Å². The van der Waals surface area contributed by atoms with Gasteiger partial charge in [-0.25, -0.2) is 0 Å². The summed E-state index contributed by atoms with van der Waals surface area (Å²) in [5.41, 5.74) is 1.20. The number of rotatable bonds is 4. The lowest BCUT2D eigenvalue weighted by atomic mass is 10.1. The van der Waals surface area contributed by atoms with Gasteiger partial charge >= 0.3 is 0 Å². The zero-order chi connectivity index (χ0) is 9.52. The first-order valence-electron chi connectivity index (χ1n) is 4.35. The predicted molar refractivity (Wildman–Crippen MR) is 50.9 cm³/mol. The van der Waals surface area contributed by atoms with Gasteiger partial charge in [-0.15, -0.1) is 0 Å². The van der Waals surface area contributed by atoms with Gasteiger partial charge in [0.1, 0.15) is 0 Å². The zero-order valence-electron chi connectivity index (χ0n) is 7.70. The lowest BCUT2D eigenvalue weighted by Gasteiger charge is -2.12. The van der Waals surface area contributed by atoms with Crippen molar-refractivity contribution in [2.45, 2.75) is 19.4 Å². The van der Waals surface area contributed by atoms with Crippen LogP contribution >= 0.6 is 0 Å². The van der Waals surface area contributed by atoms with Gasteiger partial charge in [0.2, 0.25) is 0 Å². The number of nitrogens with zero attached hydrogens (tertiary/aromatic N) is 2. The molecule has 3 nitrogen and oxygen atoms in total. The highest BCUT2D eigenvalue weighted by Gasteiger charge is 2.01. The van der Waals surface area contributed by atoms with Gasteiger partial charge in [-0.3, -0.25) is 4.98 Å². The third-order valence-electron chi connectivity index (χ3n) is 1.89. The van der Waals surface area contributed by atoms with Crippen molar-refractivity contribution >= 4 is 0 Å². The largest absolute Gasteiger partial charge is 0.309 e. The fourth-order valence-electron chi connectivity index (χ4n) is 1.11. The molecule has 0 aromatic carbocycles. The Labute approximate surface area is 78.4 Å². The molecule has 0 bridgehead atoms. The number of hydrogen-bond donors (Lipinski definition) is 1. The standard InChI is InChI=1S/C10H13N3/c1-9(13-6-2-5-11)10-3-7-12-8-4-10/h3-4,7-9,13H,2,6H2,1H3. The van der Waals surface area contributed by atoms with Crippen molar-refractivity contribution in [1.82, 2.24) is 10.3 Å². The summed E-state index contributed by atoms with van der Waals surface area (Å²) in [6.45, 7) is 2.81. The van der Waals surface area contributed by atoms with E-state index in [2.05, 4.69) is 23.3 Å². The fourth-order valence-corrected chi connectivity index (χ4v) is 1.11. The molecule has 0 aliphatic rings. The Morgan fingerprint density at radius 3 is 2.85 bits per heavy atom. The second kappa shape index (κ2) is 5.28. The van der Waals surface area contributed by atoms with E-state index < -0.39 is 0 Å². The van der Waals surface area contributed by atoms with E-state index in [4.69, 9.17) is 5.26 Å². The molecule has 1 N–H and O–H groups in total. The summed E-state index contributed by atoms with van der Waals surface area (Å²) in [5, 5.41) is 11.6. The topological polar surface area (TPSA) is 48.7 Å². The van der Waals surface area contributed by atoms with E-state index in [1.54, 1.807) is 12.4 Å². The minimum Gasteiger partial charge on any atom is -0.309 e. The Kier molecular flexibility index (Phi) is 3.94. The van der Waals surface area contributed by atoms with Crippen LogP contribution in [0.1, 0.15) is 24.9 Å². The summed E-state index contributed by atoms with van der Waals surface area (Å²) in [6.07, 6.45) is 4.10. The smallest absolute Gasteiger partial charge is 0.0635 e. The first-order valence-corrected chi connectivity index (χ1v) is 4.35. The van der Waals surface area contributed by atoms with Crippen molar-refractivity contribution in [3.8, 4) is 6.07 Å². The summed E-state index contributed by atoms with van der Waals surface area (Å²) < 4.78 is 0. The van der Waals surface area contributed by atoms with E-state index in [-0.39, 0.29) is 6.04 Å². The van der Waals surface area contributed by atoms with Crippen LogP contribution in [0.15, 0.2) is 24.5 Å². The molecule has 1 atom stereocenters. The van der Waals surface area contributed by atoms with Gasteiger partial charge in [0, 0.05) is 31.4 Å². The van der Waals surface area contributed by atoms with Crippen molar-refractivity contribution in [3.05, 3.63) is 30.1 Å². The van der Waals surface area contributed by atoms with Crippen LogP contribution in [-0.2, 0) is 0 Å². The Morgan fingerprint density at radius 2 is 2.23 bits per heavy atom. The molecule has 3 heteroatoms. The summed E-state index contributed by atoms with van der Waals surface area (Å²) in [4.78, 5) is 3.94. The quantitative estimate of drug-likeness (QED) is 0.708. The third kappa shape index (κ3) is 3.22. The van der Waals surface area contributed by atoms with Crippen molar-refractivity contribution in [1.29, 1.82) is 5.26 Å². The Morgan fingerprint density at radius 1 is 1.54 bits per heavy atom. The Balaban J connectivity index is 2.41. The van der Waals surface area contributed by atoms with Gasteiger partial charge in [-0.1, -0.05) is 0 Å². The molecule has 0 fully saturated rings. The van der Waals surface area contributed by atoms with E-state index in [0.717, 1.165) is 6.54 Å². The molecule has 0 radical (unpaired) electrons. The van der Waals surface area contributed by atoms with Crippen LogP contribution in [-0.4, -0.2) is 11.5 Å². The molecule has 0 saturated carbocycles. The fraction of sp³-hybridized carbons (Fsp3) is 0.400. The molecule has 1 aromatic heterocycles. The summed E-state index contributed by atoms with van der Waals surface area (Å²) in [6, 6.07) is 6.34. The second-order valence-electron chi connectivity index (χ2n) is 2.86. The number of nitrogens with one attached hydrogen (secondary N) is 1. The molecule has 68 valence electrons. The maximum Gasteiger partial charge on any atom is 0.0635 e. The monoisotopic (exact) mass is 175 g/mol. The molecule has 0 amide bonds. The molecule has 0 saturated heterocycles. The van der Waals surface area contributed by atoms with Crippen LogP contribution in [0.4, 0.5) is 0 Å². The lowest BCUT2D eigenvalue weighted by Crippen LogP contribution is -2.19. The average molecular weight is 175 g/mol. The summed E-state index contributed by atoms with van der Waals surface area (Å²) in [5.74, 6) is 0. The van der Waals surface area contributed by atoms with Crippen molar-refractivity contribution < 1.29 is 0 Å². The van der Waals surface area contributed by atoms with Crippen LogP contribution in [0.2, 0.25) is 0 Å². The molecule has 1 heterocycles. The first kappa shape index (κ1) is 9.69. The molecule has 0 aliphatic carbocycles. The highest BCUT2D eigenvalue weighted by molar-refractivity contribution is 5.13. The molecule has 13 heavy (non-hydrogen) atoms. The number of pyridine rings is 1. The average Bonchev–Trinajstić information content (AvgIpc) is 2.19. The van der Waals surface area contributed by atoms with E-state index in [1.807, 2.05) is 12.1 Å². The Bertz CT molecular complexity index is 276. The van der Waals surface area contributed by atoms with Crippen molar-refractivity contribution in [3.63, 3.8) is 0 Å². The summed E-state index contributed by atoms with van der Waals surface area (Å²) in [7, 11) is 0. The predicted octanol–water partition coefficient (Wildman–Crippen LogP) is 1.65. The van der Waals surface area contributed by atoms with Gasteiger partial charge in [0.25, 0.3) is 0 Å². The van der Waals surface area contributed by atoms with E-state index in [9.17, 15) is 0 Å². The minimum absolute atomic E-state index is 0.288. The third-order valence-corrected chi connectivity index (χ3v) is 1.89. The Hall–Kier alpha value is -1.40. The number of aromatic nitrogens is 1. The van der Waals surface area contributed by atoms with Crippen LogP contribution in [0.3, 0.4) is 0 Å². The van der Waals surface area contributed by atoms with E-state index in [1.165, 1.54) is 5.56 Å². The maximum atomic E-state index is 8.35. The summed E-state index contributed by atoms with van der Waals surface area (Å²) >= 11 is 0. The zero-order valence-corrected chi connectivity index (χ0v) is 7.70. The van der Waals surface area contributed by atoms with E-state index >= 15 is 0 Å². The van der Waals surface area contributed by atoms with Gasteiger partial charge in [-0.2, -0.15) is 5.26 Å².